The fraction of sp³-hybridized carbons (Fsp3) is 0.250. The molecule has 1 N–H and O–H groups in total. The summed E-state index contributed by atoms with van der Waals surface area (Å²) in [5.74, 6) is 4.73. The third kappa shape index (κ3) is 4.98. The number of hydrogen-bond acceptors (Lipinski definition) is 7. The number of nitrogens with zero attached hydrogens (tertiary/aromatic N) is 2. The first-order valence-corrected chi connectivity index (χ1v) is 12.4. The van der Waals surface area contributed by atoms with E-state index in [4.69, 9.17) is 25.5 Å². The Morgan fingerprint density at radius 3 is 2.49 bits per heavy atom. The van der Waals surface area contributed by atoms with Crippen LogP contribution < -0.4 is 14.2 Å². The summed E-state index contributed by atoms with van der Waals surface area (Å²) in [6, 6.07) is 13.8. The number of ether oxygens (including phenoxy) is 3. The monoisotopic (exact) mass is 537 g/mol. The van der Waals surface area contributed by atoms with Crippen LogP contribution in [0.3, 0.4) is 0 Å². The second-order valence-corrected chi connectivity index (χ2v) is 9.57. The summed E-state index contributed by atoms with van der Waals surface area (Å²) in [7, 11) is 7.28. The van der Waals surface area contributed by atoms with Gasteiger partial charge in [0.2, 0.25) is 6.10 Å². The van der Waals surface area contributed by atoms with Crippen LogP contribution in [0.1, 0.15) is 22.1 Å². The SMILES string of the molecule is C#CC(O/N=C1/c2cc(OC)c(OC)cc2-c2[nH]c3ccc(OCCN(C)C)cc3c21)c1cccs1.Cl. The maximum Gasteiger partial charge on any atom is 0.221 e. The highest BCUT2D eigenvalue weighted by atomic mass is 35.5. The Balaban J connectivity index is 0.00000320. The number of halogens is 1. The lowest BCUT2D eigenvalue weighted by molar-refractivity contribution is 0.103. The van der Waals surface area contributed by atoms with Gasteiger partial charge in [0.15, 0.2) is 11.5 Å². The molecule has 37 heavy (non-hydrogen) atoms. The summed E-state index contributed by atoms with van der Waals surface area (Å²) in [4.78, 5) is 12.5. The van der Waals surface area contributed by atoms with Gasteiger partial charge in [-0.15, -0.1) is 30.2 Å². The van der Waals surface area contributed by atoms with Crippen molar-refractivity contribution < 1.29 is 19.0 Å². The van der Waals surface area contributed by atoms with Crippen LogP contribution in [0.25, 0.3) is 22.2 Å². The van der Waals surface area contributed by atoms with Gasteiger partial charge in [-0.2, -0.15) is 0 Å². The quantitative estimate of drug-likeness (QED) is 0.192. The van der Waals surface area contributed by atoms with E-state index in [9.17, 15) is 0 Å². The molecule has 5 rings (SSSR count). The van der Waals surface area contributed by atoms with E-state index in [1.165, 1.54) is 11.3 Å². The number of oxime groups is 1. The minimum Gasteiger partial charge on any atom is -0.493 e. The number of nitrogens with one attached hydrogen (secondary N) is 1. The summed E-state index contributed by atoms with van der Waals surface area (Å²) in [6.45, 7) is 1.42. The number of H-pyrrole nitrogens is 1. The average molecular weight is 538 g/mol. The number of fused-ring (bicyclic) bond motifs is 5. The lowest BCUT2D eigenvalue weighted by Crippen LogP contribution is -2.19. The third-order valence-electron chi connectivity index (χ3n) is 6.06. The topological polar surface area (TPSA) is 68.3 Å². The first kappa shape index (κ1) is 26.4. The summed E-state index contributed by atoms with van der Waals surface area (Å²) >= 11 is 1.54. The van der Waals surface area contributed by atoms with Crippen molar-refractivity contribution in [3.8, 4) is 40.8 Å². The van der Waals surface area contributed by atoms with Gasteiger partial charge in [-0.05, 0) is 55.9 Å². The van der Waals surface area contributed by atoms with E-state index in [1.54, 1.807) is 14.2 Å². The van der Waals surface area contributed by atoms with Crippen molar-refractivity contribution in [2.75, 3.05) is 41.5 Å². The number of aromatic nitrogens is 1. The number of aromatic amines is 1. The summed E-state index contributed by atoms with van der Waals surface area (Å²) in [5.41, 5.74) is 5.33. The largest absolute Gasteiger partial charge is 0.493 e. The highest BCUT2D eigenvalue weighted by Crippen LogP contribution is 2.46. The van der Waals surface area contributed by atoms with Gasteiger partial charge in [0.1, 0.15) is 18.1 Å². The minimum atomic E-state index is -0.583. The summed E-state index contributed by atoms with van der Waals surface area (Å²) in [6.07, 6.45) is 5.20. The van der Waals surface area contributed by atoms with Gasteiger partial charge in [0.05, 0.1) is 24.8 Å². The Bertz CT molecular complexity index is 1470. The molecule has 0 saturated heterocycles. The van der Waals surface area contributed by atoms with Gasteiger partial charge in [-0.1, -0.05) is 17.1 Å². The zero-order valence-electron chi connectivity index (χ0n) is 21.0. The van der Waals surface area contributed by atoms with Crippen LogP contribution in [-0.2, 0) is 4.84 Å². The van der Waals surface area contributed by atoms with Gasteiger partial charge in [-0.3, -0.25) is 0 Å². The minimum absolute atomic E-state index is 0. The number of likely N-dealkylation sites (N-methyl/N-ethyl adjacent to an activating group) is 1. The Morgan fingerprint density at radius 2 is 1.84 bits per heavy atom. The van der Waals surface area contributed by atoms with Crippen molar-refractivity contribution in [2.45, 2.75) is 6.10 Å². The molecule has 9 heteroatoms. The molecule has 2 aromatic heterocycles. The molecule has 0 saturated carbocycles. The molecule has 1 unspecified atom stereocenters. The molecule has 2 aromatic carbocycles. The van der Waals surface area contributed by atoms with Gasteiger partial charge in [0, 0.05) is 34.1 Å². The van der Waals surface area contributed by atoms with E-state index in [-0.39, 0.29) is 12.4 Å². The number of terminal acetylenes is 1. The second-order valence-electron chi connectivity index (χ2n) is 8.59. The van der Waals surface area contributed by atoms with E-state index in [2.05, 4.69) is 21.0 Å². The molecule has 0 bridgehead atoms. The Morgan fingerprint density at radius 1 is 1.08 bits per heavy atom. The number of hydrogen-bond donors (Lipinski definition) is 1. The van der Waals surface area contributed by atoms with Crippen molar-refractivity contribution in [1.82, 2.24) is 9.88 Å². The summed E-state index contributed by atoms with van der Waals surface area (Å²) < 4.78 is 17.2. The number of benzene rings is 2. The van der Waals surface area contributed by atoms with E-state index >= 15 is 0 Å². The first-order chi connectivity index (χ1) is 17.5. The standard InChI is InChI=1S/C28H27N3O4S.ClH/c1-6-22(25-8-7-13-36-25)35-30-28-19-16-24(33-5)23(32-4)15-18(19)27-26(28)20-14-17(9-10-21(20)29-27)34-12-11-31(2)3;/h1,7-10,13-16,22,29H,11-12H2,2-5H3;1H/b30-28-;. The zero-order chi connectivity index (χ0) is 25.2. The fourth-order valence-electron chi connectivity index (χ4n) is 4.28. The highest BCUT2D eigenvalue weighted by molar-refractivity contribution is 7.10. The molecule has 0 fully saturated rings. The van der Waals surface area contributed by atoms with E-state index in [0.717, 1.165) is 50.5 Å². The van der Waals surface area contributed by atoms with Crippen molar-refractivity contribution in [2.24, 2.45) is 5.16 Å². The Hall–Kier alpha value is -3.64. The summed E-state index contributed by atoms with van der Waals surface area (Å²) in [5, 5.41) is 7.57. The Labute approximate surface area is 226 Å². The van der Waals surface area contributed by atoms with Crippen LogP contribution in [0.5, 0.6) is 17.2 Å². The van der Waals surface area contributed by atoms with Crippen molar-refractivity contribution in [3.63, 3.8) is 0 Å². The smallest absolute Gasteiger partial charge is 0.221 e. The highest BCUT2D eigenvalue weighted by Gasteiger charge is 2.32. The molecule has 0 amide bonds. The predicted molar refractivity (Wildman–Crippen MR) is 151 cm³/mol. The molecule has 0 aliphatic heterocycles. The molecule has 2 heterocycles. The molecule has 7 nitrogen and oxygen atoms in total. The number of thiophene rings is 1. The molecular formula is C28H28ClN3O4S. The van der Waals surface area contributed by atoms with Gasteiger partial charge >= 0.3 is 0 Å². The molecule has 1 aliphatic rings. The lowest BCUT2D eigenvalue weighted by atomic mass is 10.1. The molecule has 0 radical (unpaired) electrons. The molecule has 192 valence electrons. The van der Waals surface area contributed by atoms with Crippen LogP contribution in [0, 0.1) is 12.3 Å². The van der Waals surface area contributed by atoms with Crippen molar-refractivity contribution in [1.29, 1.82) is 0 Å². The Kier molecular flexibility index (Phi) is 7.98. The fourth-order valence-corrected chi connectivity index (χ4v) is 4.98. The van der Waals surface area contributed by atoms with E-state index in [1.807, 2.05) is 61.9 Å². The van der Waals surface area contributed by atoms with Gasteiger partial charge < -0.3 is 28.9 Å². The van der Waals surface area contributed by atoms with E-state index < -0.39 is 6.10 Å². The average Bonchev–Trinajstić information content (AvgIpc) is 3.60. The third-order valence-corrected chi connectivity index (χ3v) is 6.98. The van der Waals surface area contributed by atoms with Gasteiger partial charge in [-0.25, -0.2) is 0 Å². The molecule has 1 aliphatic carbocycles. The molecule has 4 aromatic rings. The normalized spacial score (nSPS) is 13.6. The van der Waals surface area contributed by atoms with Crippen molar-refractivity contribution >= 4 is 40.4 Å². The van der Waals surface area contributed by atoms with Crippen molar-refractivity contribution in [3.05, 3.63) is 63.8 Å². The maximum absolute atomic E-state index is 6.01. The number of methoxy groups -OCH3 is 2. The van der Waals surface area contributed by atoms with Crippen LogP contribution >= 0.6 is 23.7 Å². The van der Waals surface area contributed by atoms with Crippen LogP contribution in [0.4, 0.5) is 0 Å². The first-order valence-electron chi connectivity index (χ1n) is 11.5. The zero-order valence-corrected chi connectivity index (χ0v) is 22.7. The van der Waals surface area contributed by atoms with Crippen LogP contribution in [0.15, 0.2) is 53.0 Å². The van der Waals surface area contributed by atoms with Crippen LogP contribution in [-0.4, -0.2) is 57.1 Å². The van der Waals surface area contributed by atoms with E-state index in [0.29, 0.717) is 23.8 Å². The molecule has 1 atom stereocenters. The molecule has 0 spiro atoms. The second kappa shape index (κ2) is 11.2. The predicted octanol–water partition coefficient (Wildman–Crippen LogP) is 5.73. The lowest BCUT2D eigenvalue weighted by Gasteiger charge is -2.12. The van der Waals surface area contributed by atoms with Gasteiger partial charge in [0.25, 0.3) is 0 Å². The number of rotatable bonds is 9. The maximum atomic E-state index is 6.01. The van der Waals surface area contributed by atoms with Crippen LogP contribution in [0.2, 0.25) is 0 Å². The molecular weight excluding hydrogens is 510 g/mol.